The van der Waals surface area contributed by atoms with Gasteiger partial charge in [-0.05, 0) is 62.2 Å². The maximum atomic E-state index is 11.6. The number of rotatable bonds is 6. The Bertz CT molecular complexity index is 603. The lowest BCUT2D eigenvalue weighted by atomic mass is 9.87. The molecule has 0 aromatic rings. The molecule has 124 valence electrons. The molecule has 1 rings (SSSR count). The molecule has 23 heavy (non-hydrogen) atoms. The highest BCUT2D eigenvalue weighted by Crippen LogP contribution is 2.31. The van der Waals surface area contributed by atoms with Crippen molar-refractivity contribution in [1.29, 1.82) is 0 Å². The van der Waals surface area contributed by atoms with Crippen molar-refractivity contribution in [3.05, 3.63) is 63.7 Å². The van der Waals surface area contributed by atoms with Crippen molar-refractivity contribution in [2.24, 2.45) is 11.1 Å². The number of hydrogen-bond acceptors (Lipinski definition) is 2. The lowest BCUT2D eigenvalue weighted by Crippen LogP contribution is -2.05. The summed E-state index contributed by atoms with van der Waals surface area (Å²) in [5, 5.41) is 2.52. The largest absolute Gasteiger partial charge is 0.317 e. The monoisotopic (exact) mass is 313 g/mol. The van der Waals surface area contributed by atoms with Crippen LogP contribution in [0.3, 0.4) is 0 Å². The summed E-state index contributed by atoms with van der Waals surface area (Å²) in [4.78, 5) is 22.2. The van der Waals surface area contributed by atoms with Gasteiger partial charge < -0.3 is 0 Å². The van der Waals surface area contributed by atoms with E-state index in [1.165, 1.54) is 16.7 Å². The Labute approximate surface area is 139 Å². The third-order valence-electron chi connectivity index (χ3n) is 4.38. The van der Waals surface area contributed by atoms with Crippen LogP contribution in [0.5, 0.6) is 0 Å². The normalized spacial score (nSPS) is 17.7. The van der Waals surface area contributed by atoms with Crippen molar-refractivity contribution in [1.82, 2.24) is 0 Å². The molecule has 1 aliphatic rings. The van der Waals surface area contributed by atoms with Crippen LogP contribution in [0.1, 0.15) is 53.4 Å². The van der Waals surface area contributed by atoms with E-state index in [0.29, 0.717) is 11.5 Å². The van der Waals surface area contributed by atoms with Crippen molar-refractivity contribution in [2.75, 3.05) is 0 Å². The maximum Gasteiger partial charge on any atom is 0.317 e. The third kappa shape index (κ3) is 5.27. The molecule has 3 heteroatoms. The second-order valence-electron chi connectivity index (χ2n) is 6.09. The summed E-state index contributed by atoms with van der Waals surface area (Å²) in [6.07, 6.45) is 12.2. The van der Waals surface area contributed by atoms with Crippen LogP contribution >= 0.6 is 0 Å². The Kier molecular flexibility index (Phi) is 7.60. The van der Waals surface area contributed by atoms with E-state index < -0.39 is 5.91 Å². The number of allylic oxidation sites excluding steroid dienone is 7. The van der Waals surface area contributed by atoms with Crippen molar-refractivity contribution in [3.63, 3.8) is 0 Å². The van der Waals surface area contributed by atoms with Crippen LogP contribution in [-0.4, -0.2) is 5.91 Å². The number of nitrogens with zero attached hydrogens (tertiary/aromatic N) is 1. The standard InChI is InChI=1S/C20H27NO2/c1-6-15(4)19(17-10-8-9-14(3)11-12-17)13-16(5)18(7-2)20(22)21-23/h7,11-13,15H,5-6,8-10H2,1-4H3/b18-7+,19-13+/t15-/m1/s1. The molecule has 0 unspecified atom stereocenters. The van der Waals surface area contributed by atoms with Gasteiger partial charge in [-0.2, -0.15) is 0 Å². The molecule has 1 atom stereocenters. The SMILES string of the molecule is C=C(/C=C(/C1=CC=C(C)CCC1)[C@H](C)CC)/C(=C\C)C(=O)N=O. The smallest absolute Gasteiger partial charge is 0.263 e. The van der Waals surface area contributed by atoms with Crippen LogP contribution in [0.25, 0.3) is 0 Å². The molecule has 1 amide bonds. The number of carbonyl (C=O) groups excluding carboxylic acids is 1. The van der Waals surface area contributed by atoms with Gasteiger partial charge in [-0.25, -0.2) is 0 Å². The van der Waals surface area contributed by atoms with E-state index in [2.05, 4.69) is 44.7 Å². The first kappa shape index (κ1) is 19.0. The quantitative estimate of drug-likeness (QED) is 0.353. The van der Waals surface area contributed by atoms with Crippen LogP contribution < -0.4 is 0 Å². The average Bonchev–Trinajstić information content (AvgIpc) is 2.76. The molecule has 0 bridgehead atoms. The summed E-state index contributed by atoms with van der Waals surface area (Å²) in [5.74, 6) is -0.398. The van der Waals surface area contributed by atoms with Crippen LogP contribution in [0.2, 0.25) is 0 Å². The Morgan fingerprint density at radius 1 is 1.39 bits per heavy atom. The predicted molar refractivity (Wildman–Crippen MR) is 96.9 cm³/mol. The molecule has 0 radical (unpaired) electrons. The van der Waals surface area contributed by atoms with Crippen molar-refractivity contribution >= 4 is 5.91 Å². The molecule has 0 aromatic heterocycles. The van der Waals surface area contributed by atoms with Gasteiger partial charge in [-0.1, -0.05) is 50.3 Å². The number of nitroso groups, excluding NO2 is 1. The van der Waals surface area contributed by atoms with E-state index in [0.717, 1.165) is 25.7 Å². The van der Waals surface area contributed by atoms with Gasteiger partial charge >= 0.3 is 5.91 Å². The van der Waals surface area contributed by atoms with E-state index in [4.69, 9.17) is 0 Å². The van der Waals surface area contributed by atoms with Gasteiger partial charge in [0.05, 0.1) is 0 Å². The highest BCUT2D eigenvalue weighted by atomic mass is 16.3. The van der Waals surface area contributed by atoms with E-state index in [1.54, 1.807) is 13.0 Å². The zero-order valence-corrected chi connectivity index (χ0v) is 14.7. The van der Waals surface area contributed by atoms with Crippen LogP contribution in [0.15, 0.2) is 63.9 Å². The molecule has 0 saturated heterocycles. The molecule has 0 spiro atoms. The topological polar surface area (TPSA) is 46.5 Å². The highest BCUT2D eigenvalue weighted by Gasteiger charge is 2.17. The molecule has 0 saturated carbocycles. The van der Waals surface area contributed by atoms with E-state index in [1.807, 2.05) is 6.08 Å². The van der Waals surface area contributed by atoms with Gasteiger partial charge in [-0.15, -0.1) is 4.91 Å². The molecular weight excluding hydrogens is 286 g/mol. The molecule has 0 aliphatic heterocycles. The lowest BCUT2D eigenvalue weighted by molar-refractivity contribution is -0.114. The fraction of sp³-hybridized carbons (Fsp3) is 0.450. The Morgan fingerprint density at radius 3 is 2.65 bits per heavy atom. The van der Waals surface area contributed by atoms with Gasteiger partial charge in [0.25, 0.3) is 0 Å². The molecule has 0 heterocycles. The van der Waals surface area contributed by atoms with Crippen LogP contribution in [0, 0.1) is 10.8 Å². The second-order valence-corrected chi connectivity index (χ2v) is 6.09. The number of hydrogen-bond donors (Lipinski definition) is 0. The Morgan fingerprint density at radius 2 is 2.09 bits per heavy atom. The Balaban J connectivity index is 3.23. The van der Waals surface area contributed by atoms with Gasteiger partial charge in [0.15, 0.2) is 0 Å². The molecule has 3 nitrogen and oxygen atoms in total. The van der Waals surface area contributed by atoms with Crippen LogP contribution in [-0.2, 0) is 4.79 Å². The Hall–Kier alpha value is -2.03. The summed E-state index contributed by atoms with van der Waals surface area (Å²) in [5.41, 5.74) is 4.71. The van der Waals surface area contributed by atoms with Crippen molar-refractivity contribution < 1.29 is 4.79 Å². The summed E-state index contributed by atoms with van der Waals surface area (Å²) < 4.78 is 0. The summed E-state index contributed by atoms with van der Waals surface area (Å²) in [6.45, 7) is 12.2. The highest BCUT2D eigenvalue weighted by molar-refractivity contribution is 5.98. The first-order valence-electron chi connectivity index (χ1n) is 8.26. The van der Waals surface area contributed by atoms with E-state index in [-0.39, 0.29) is 5.57 Å². The number of amides is 1. The molecule has 0 fully saturated rings. The summed E-state index contributed by atoms with van der Waals surface area (Å²) >= 11 is 0. The third-order valence-corrected chi connectivity index (χ3v) is 4.38. The first-order chi connectivity index (χ1) is 10.9. The average molecular weight is 313 g/mol. The fourth-order valence-electron chi connectivity index (χ4n) is 2.74. The van der Waals surface area contributed by atoms with Crippen molar-refractivity contribution in [3.8, 4) is 0 Å². The zero-order chi connectivity index (χ0) is 17.4. The molecule has 0 N–H and O–H groups in total. The van der Waals surface area contributed by atoms with Gasteiger partial charge in [0.1, 0.15) is 0 Å². The first-order valence-corrected chi connectivity index (χ1v) is 8.26. The maximum absolute atomic E-state index is 11.6. The second kappa shape index (κ2) is 9.19. The molecular formula is C20H27NO2. The van der Waals surface area contributed by atoms with Gasteiger partial charge in [0.2, 0.25) is 0 Å². The minimum atomic E-state index is -0.761. The lowest BCUT2D eigenvalue weighted by Gasteiger charge is -2.18. The zero-order valence-electron chi connectivity index (χ0n) is 14.7. The van der Waals surface area contributed by atoms with E-state index >= 15 is 0 Å². The molecule has 1 aliphatic carbocycles. The summed E-state index contributed by atoms with van der Waals surface area (Å²) in [7, 11) is 0. The minimum absolute atomic E-state index is 0.279. The van der Waals surface area contributed by atoms with Crippen molar-refractivity contribution in [2.45, 2.75) is 53.4 Å². The van der Waals surface area contributed by atoms with Gasteiger partial charge in [0, 0.05) is 10.7 Å². The number of carbonyl (C=O) groups is 1. The van der Waals surface area contributed by atoms with Crippen LogP contribution in [0.4, 0.5) is 0 Å². The molecule has 0 aromatic carbocycles. The van der Waals surface area contributed by atoms with Gasteiger partial charge in [-0.3, -0.25) is 4.79 Å². The summed E-state index contributed by atoms with van der Waals surface area (Å²) in [6, 6.07) is 0. The minimum Gasteiger partial charge on any atom is -0.263 e. The predicted octanol–water partition coefficient (Wildman–Crippen LogP) is 5.81. The fourth-order valence-corrected chi connectivity index (χ4v) is 2.74. The van der Waals surface area contributed by atoms with E-state index in [9.17, 15) is 9.70 Å².